The highest BCUT2D eigenvalue weighted by Crippen LogP contribution is 2.24. The van der Waals surface area contributed by atoms with Gasteiger partial charge in [-0.2, -0.15) is 4.72 Å². The fraction of sp³-hybridized carbons (Fsp3) is 0.474. The molecule has 1 aromatic carbocycles. The molecule has 0 saturated carbocycles. The van der Waals surface area contributed by atoms with Crippen molar-refractivity contribution in [3.63, 3.8) is 0 Å². The van der Waals surface area contributed by atoms with E-state index in [0.717, 1.165) is 12.8 Å². The van der Waals surface area contributed by atoms with Crippen molar-refractivity contribution in [2.24, 2.45) is 0 Å². The molecule has 1 fully saturated rings. The number of aromatic nitrogens is 1. The summed E-state index contributed by atoms with van der Waals surface area (Å²) >= 11 is 0. The van der Waals surface area contributed by atoms with Crippen molar-refractivity contribution in [2.45, 2.75) is 56.7 Å². The van der Waals surface area contributed by atoms with Crippen LogP contribution in [0.5, 0.6) is 0 Å². The van der Waals surface area contributed by atoms with Crippen LogP contribution in [-0.2, 0) is 24.3 Å². The predicted octanol–water partition coefficient (Wildman–Crippen LogP) is 2.13. The van der Waals surface area contributed by atoms with E-state index in [1.165, 1.54) is 17.9 Å². The van der Waals surface area contributed by atoms with Gasteiger partial charge in [-0.25, -0.2) is 8.42 Å². The van der Waals surface area contributed by atoms with Crippen LogP contribution in [0.1, 0.15) is 39.5 Å². The molecular weight excluding hydrogens is 382 g/mol. The molecule has 2 heterocycles. The predicted molar refractivity (Wildman–Crippen MR) is 104 cm³/mol. The molecule has 2 atom stereocenters. The topological polar surface area (TPSA) is 109 Å². The molecule has 3 rings (SSSR count). The number of piperidine rings is 1. The number of benzene rings is 1. The summed E-state index contributed by atoms with van der Waals surface area (Å²) < 4.78 is 33.8. The molecule has 2 unspecified atom stereocenters. The van der Waals surface area contributed by atoms with Crippen molar-refractivity contribution in [1.29, 1.82) is 0 Å². The van der Waals surface area contributed by atoms with Crippen molar-refractivity contribution in [3.05, 3.63) is 30.5 Å². The Morgan fingerprint density at radius 3 is 2.82 bits per heavy atom. The van der Waals surface area contributed by atoms with Crippen molar-refractivity contribution >= 4 is 32.8 Å². The van der Waals surface area contributed by atoms with Crippen LogP contribution in [0.2, 0.25) is 0 Å². The van der Waals surface area contributed by atoms with E-state index in [-0.39, 0.29) is 17.2 Å². The van der Waals surface area contributed by atoms with E-state index in [9.17, 15) is 18.0 Å². The summed E-state index contributed by atoms with van der Waals surface area (Å²) in [5.74, 6) is -0.837. The van der Waals surface area contributed by atoms with Crippen LogP contribution >= 0.6 is 0 Å². The van der Waals surface area contributed by atoms with Gasteiger partial charge in [0.1, 0.15) is 6.04 Å². The quantitative estimate of drug-likeness (QED) is 0.713. The summed E-state index contributed by atoms with van der Waals surface area (Å²) in [5, 5.41) is 0.563. The van der Waals surface area contributed by atoms with Crippen LogP contribution < -0.4 is 4.72 Å². The molecule has 0 spiro atoms. The summed E-state index contributed by atoms with van der Waals surface area (Å²) in [5.41, 5.74) is 0.702. The van der Waals surface area contributed by atoms with E-state index in [1.54, 1.807) is 31.3 Å². The molecule has 8 nitrogen and oxygen atoms in total. The summed E-state index contributed by atoms with van der Waals surface area (Å²) in [6, 6.07) is 5.70. The standard InChI is InChI=1S/C19H25N3O5S/c1-3-15(19(24)22-12-5-4-9-18(22)27-13(2)23)21-28(25,26)17-8-6-7-16-14(17)10-11-20-16/h6-8,10-11,15,18,20-21H,3-5,9,12H2,1-2H3. The number of esters is 1. The van der Waals surface area contributed by atoms with Gasteiger partial charge < -0.3 is 14.6 Å². The number of nitrogens with one attached hydrogen (secondary N) is 2. The monoisotopic (exact) mass is 407 g/mol. The van der Waals surface area contributed by atoms with E-state index >= 15 is 0 Å². The molecule has 1 saturated heterocycles. The lowest BCUT2D eigenvalue weighted by Gasteiger charge is -2.36. The smallest absolute Gasteiger partial charge is 0.304 e. The molecule has 0 aliphatic carbocycles. The van der Waals surface area contributed by atoms with E-state index in [4.69, 9.17) is 4.74 Å². The highest BCUT2D eigenvalue weighted by Gasteiger charge is 2.35. The van der Waals surface area contributed by atoms with Gasteiger partial charge in [0.05, 0.1) is 4.90 Å². The SMILES string of the molecule is CCC(NS(=O)(=O)c1cccc2[nH]ccc12)C(=O)N1CCCCC1OC(C)=O. The zero-order chi connectivity index (χ0) is 20.3. The number of fused-ring (bicyclic) bond motifs is 1. The summed E-state index contributed by atoms with van der Waals surface area (Å²) in [7, 11) is -3.92. The number of carbonyl (C=O) groups excluding carboxylic acids is 2. The zero-order valence-corrected chi connectivity index (χ0v) is 16.8. The number of H-pyrrole nitrogens is 1. The molecule has 1 amide bonds. The van der Waals surface area contributed by atoms with Gasteiger partial charge >= 0.3 is 5.97 Å². The minimum atomic E-state index is -3.92. The van der Waals surface area contributed by atoms with E-state index in [2.05, 4.69) is 9.71 Å². The molecule has 0 bridgehead atoms. The Kier molecular flexibility index (Phi) is 6.04. The molecule has 1 aromatic heterocycles. The van der Waals surface area contributed by atoms with Gasteiger partial charge in [-0.05, 0) is 37.5 Å². The van der Waals surface area contributed by atoms with E-state index in [1.807, 2.05) is 0 Å². The van der Waals surface area contributed by atoms with Crippen molar-refractivity contribution < 1.29 is 22.7 Å². The third-order valence-corrected chi connectivity index (χ3v) is 6.41. The number of sulfonamides is 1. The Labute approximate surface area is 164 Å². The van der Waals surface area contributed by atoms with Crippen LogP contribution in [0.25, 0.3) is 10.9 Å². The molecule has 1 aliphatic heterocycles. The average Bonchev–Trinajstić information content (AvgIpc) is 3.14. The number of rotatable bonds is 6. The molecule has 2 N–H and O–H groups in total. The molecular formula is C19H25N3O5S. The van der Waals surface area contributed by atoms with Gasteiger partial charge in [0.2, 0.25) is 15.9 Å². The maximum absolute atomic E-state index is 13.0. The van der Waals surface area contributed by atoms with Crippen LogP contribution in [-0.4, -0.2) is 49.0 Å². The highest BCUT2D eigenvalue weighted by atomic mass is 32.2. The normalized spacial score (nSPS) is 18.8. The second-order valence-electron chi connectivity index (χ2n) is 6.87. The molecule has 0 radical (unpaired) electrons. The Balaban J connectivity index is 1.83. The van der Waals surface area contributed by atoms with Crippen molar-refractivity contribution in [1.82, 2.24) is 14.6 Å². The zero-order valence-electron chi connectivity index (χ0n) is 16.0. The first-order chi connectivity index (χ1) is 13.3. The fourth-order valence-corrected chi connectivity index (χ4v) is 5.01. The number of aromatic amines is 1. The molecule has 1 aliphatic rings. The first-order valence-corrected chi connectivity index (χ1v) is 10.9. The molecule has 2 aromatic rings. The summed E-state index contributed by atoms with van der Waals surface area (Å²) in [6.45, 7) is 3.48. The van der Waals surface area contributed by atoms with Gasteiger partial charge in [0.15, 0.2) is 6.23 Å². The lowest BCUT2D eigenvalue weighted by atomic mass is 10.1. The third-order valence-electron chi connectivity index (χ3n) is 4.88. The first kappa shape index (κ1) is 20.3. The van der Waals surface area contributed by atoms with Crippen LogP contribution in [0, 0.1) is 0 Å². The van der Waals surface area contributed by atoms with E-state index in [0.29, 0.717) is 23.9 Å². The fourth-order valence-electron chi connectivity index (χ4n) is 3.52. The van der Waals surface area contributed by atoms with Crippen LogP contribution in [0.15, 0.2) is 35.4 Å². The molecule has 28 heavy (non-hydrogen) atoms. The lowest BCUT2D eigenvalue weighted by Crippen LogP contribution is -2.54. The van der Waals surface area contributed by atoms with Gasteiger partial charge in [-0.3, -0.25) is 9.59 Å². The molecule has 9 heteroatoms. The number of likely N-dealkylation sites (tertiary alicyclic amines) is 1. The lowest BCUT2D eigenvalue weighted by molar-refractivity contribution is -0.167. The number of carbonyl (C=O) groups is 2. The van der Waals surface area contributed by atoms with Gasteiger partial charge in [0.25, 0.3) is 0 Å². The Bertz CT molecular complexity index is 969. The van der Waals surface area contributed by atoms with Gasteiger partial charge in [0, 0.05) is 37.0 Å². The van der Waals surface area contributed by atoms with Gasteiger partial charge in [-0.1, -0.05) is 13.0 Å². The Morgan fingerprint density at radius 1 is 1.32 bits per heavy atom. The van der Waals surface area contributed by atoms with Crippen LogP contribution in [0.4, 0.5) is 0 Å². The largest absolute Gasteiger partial charge is 0.442 e. The second-order valence-corrected chi connectivity index (χ2v) is 8.55. The maximum atomic E-state index is 13.0. The van der Waals surface area contributed by atoms with Crippen LogP contribution in [0.3, 0.4) is 0 Å². The third kappa shape index (κ3) is 4.20. The number of ether oxygens (including phenoxy) is 1. The number of nitrogens with zero attached hydrogens (tertiary/aromatic N) is 1. The Morgan fingerprint density at radius 2 is 2.11 bits per heavy atom. The molecule has 152 valence electrons. The number of hydrogen-bond donors (Lipinski definition) is 2. The minimum absolute atomic E-state index is 0.118. The van der Waals surface area contributed by atoms with Gasteiger partial charge in [-0.15, -0.1) is 0 Å². The Hall–Kier alpha value is -2.39. The first-order valence-electron chi connectivity index (χ1n) is 9.39. The highest BCUT2D eigenvalue weighted by molar-refractivity contribution is 7.89. The average molecular weight is 407 g/mol. The van der Waals surface area contributed by atoms with Crippen molar-refractivity contribution in [3.8, 4) is 0 Å². The maximum Gasteiger partial charge on any atom is 0.304 e. The summed E-state index contributed by atoms with van der Waals surface area (Å²) in [6.07, 6.45) is 3.49. The number of amides is 1. The minimum Gasteiger partial charge on any atom is -0.442 e. The number of hydrogen-bond acceptors (Lipinski definition) is 5. The second kappa shape index (κ2) is 8.32. The van der Waals surface area contributed by atoms with E-state index < -0.39 is 28.3 Å². The summed E-state index contributed by atoms with van der Waals surface area (Å²) in [4.78, 5) is 29.0. The van der Waals surface area contributed by atoms with Crippen molar-refractivity contribution in [2.75, 3.05) is 6.54 Å².